The largest absolute Gasteiger partial charge is 0.390 e. The van der Waals surface area contributed by atoms with Crippen molar-refractivity contribution in [3.63, 3.8) is 0 Å². The highest BCUT2D eigenvalue weighted by Crippen LogP contribution is 2.11. The number of amides is 2. The van der Waals surface area contributed by atoms with E-state index in [0.29, 0.717) is 6.42 Å². The summed E-state index contributed by atoms with van der Waals surface area (Å²) in [5, 5.41) is 12.3. The van der Waals surface area contributed by atoms with E-state index in [9.17, 15) is 14.7 Å². The molecule has 5 heteroatoms. The average Bonchev–Trinajstić information content (AvgIpc) is 2.10. The highest BCUT2D eigenvalue weighted by atomic mass is 16.3. The van der Waals surface area contributed by atoms with Crippen LogP contribution in [0.25, 0.3) is 0 Å². The molecular weight excluding hydrogens is 196 g/mol. The maximum Gasteiger partial charge on any atom is 0.246 e. The van der Waals surface area contributed by atoms with Crippen LogP contribution in [-0.2, 0) is 9.59 Å². The number of hydrogen-bond acceptors (Lipinski definition) is 4. The zero-order chi connectivity index (χ0) is 11.6. The van der Waals surface area contributed by atoms with Crippen LogP contribution in [0.1, 0.15) is 27.2 Å². The van der Waals surface area contributed by atoms with Gasteiger partial charge in [-0.3, -0.25) is 19.8 Å². The van der Waals surface area contributed by atoms with Crippen LogP contribution in [0.5, 0.6) is 0 Å². The molecule has 2 amide bonds. The van der Waals surface area contributed by atoms with E-state index in [-0.39, 0.29) is 30.9 Å². The van der Waals surface area contributed by atoms with Crippen molar-refractivity contribution in [3.05, 3.63) is 0 Å². The van der Waals surface area contributed by atoms with Gasteiger partial charge in [0.15, 0.2) is 0 Å². The van der Waals surface area contributed by atoms with Crippen molar-refractivity contribution in [3.8, 4) is 0 Å². The van der Waals surface area contributed by atoms with Gasteiger partial charge in [-0.2, -0.15) is 0 Å². The van der Waals surface area contributed by atoms with Gasteiger partial charge >= 0.3 is 0 Å². The molecule has 0 aromatic rings. The number of nitrogens with zero attached hydrogens (tertiary/aromatic N) is 1. The average molecular weight is 214 g/mol. The van der Waals surface area contributed by atoms with Gasteiger partial charge in [-0.1, -0.05) is 0 Å². The summed E-state index contributed by atoms with van der Waals surface area (Å²) in [4.78, 5) is 24.3. The van der Waals surface area contributed by atoms with Gasteiger partial charge in [0.25, 0.3) is 0 Å². The minimum Gasteiger partial charge on any atom is -0.390 e. The van der Waals surface area contributed by atoms with Gasteiger partial charge in [-0.05, 0) is 27.2 Å². The number of carbonyl (C=O) groups is 2. The molecular formula is C10H18N2O3. The van der Waals surface area contributed by atoms with Crippen LogP contribution < -0.4 is 5.32 Å². The maximum atomic E-state index is 11.6. The lowest BCUT2D eigenvalue weighted by atomic mass is 10.0. The molecule has 1 fully saturated rings. The zero-order valence-electron chi connectivity index (χ0n) is 9.41. The summed E-state index contributed by atoms with van der Waals surface area (Å²) in [7, 11) is 0. The van der Waals surface area contributed by atoms with Gasteiger partial charge in [0.2, 0.25) is 11.8 Å². The zero-order valence-corrected chi connectivity index (χ0v) is 9.41. The lowest BCUT2D eigenvalue weighted by Gasteiger charge is -2.31. The molecule has 86 valence electrons. The summed E-state index contributed by atoms with van der Waals surface area (Å²) < 4.78 is 0. The molecule has 2 N–H and O–H groups in total. The Labute approximate surface area is 89.4 Å². The van der Waals surface area contributed by atoms with Gasteiger partial charge in [0.05, 0.1) is 18.2 Å². The first-order valence-electron chi connectivity index (χ1n) is 5.11. The molecule has 0 aliphatic carbocycles. The van der Waals surface area contributed by atoms with Crippen LogP contribution in [-0.4, -0.2) is 46.6 Å². The Bertz CT molecular complexity index is 270. The van der Waals surface area contributed by atoms with Gasteiger partial charge in [-0.15, -0.1) is 0 Å². The van der Waals surface area contributed by atoms with Crippen LogP contribution in [0.2, 0.25) is 0 Å². The lowest BCUT2D eigenvalue weighted by molar-refractivity contribution is -0.149. The fourth-order valence-corrected chi connectivity index (χ4v) is 1.40. The molecule has 1 rings (SSSR count). The first-order chi connectivity index (χ1) is 6.81. The molecule has 1 saturated heterocycles. The molecule has 0 aromatic heterocycles. The Morgan fingerprint density at radius 2 is 2.13 bits per heavy atom. The summed E-state index contributed by atoms with van der Waals surface area (Å²) in [6.07, 6.45) is 0.400. The van der Waals surface area contributed by atoms with Gasteiger partial charge in [-0.25, -0.2) is 0 Å². The van der Waals surface area contributed by atoms with Crippen molar-refractivity contribution in [2.24, 2.45) is 0 Å². The van der Waals surface area contributed by atoms with Gasteiger partial charge in [0.1, 0.15) is 0 Å². The van der Waals surface area contributed by atoms with Crippen LogP contribution >= 0.6 is 0 Å². The van der Waals surface area contributed by atoms with E-state index < -0.39 is 5.60 Å². The van der Waals surface area contributed by atoms with E-state index in [1.54, 1.807) is 20.8 Å². The minimum atomic E-state index is -0.853. The van der Waals surface area contributed by atoms with Gasteiger partial charge < -0.3 is 5.11 Å². The molecule has 0 radical (unpaired) electrons. The summed E-state index contributed by atoms with van der Waals surface area (Å²) in [6, 6.07) is -0.315. The van der Waals surface area contributed by atoms with Crippen LogP contribution in [0, 0.1) is 0 Å². The van der Waals surface area contributed by atoms with Crippen molar-refractivity contribution in [2.45, 2.75) is 38.8 Å². The summed E-state index contributed by atoms with van der Waals surface area (Å²) >= 11 is 0. The molecule has 0 aromatic carbocycles. The maximum absolute atomic E-state index is 11.6. The second-order valence-electron chi connectivity index (χ2n) is 4.55. The number of piperazine rings is 1. The third kappa shape index (κ3) is 3.28. The Morgan fingerprint density at radius 3 is 2.67 bits per heavy atom. The highest BCUT2D eigenvalue weighted by Gasteiger charge is 2.31. The molecule has 15 heavy (non-hydrogen) atoms. The minimum absolute atomic E-state index is 0.193. The SMILES string of the molecule is CC1NCC(=O)N(CCC(C)(C)O)C1=O. The van der Waals surface area contributed by atoms with E-state index in [2.05, 4.69) is 5.32 Å². The predicted octanol–water partition coefficient (Wildman–Crippen LogP) is -0.506. The molecule has 1 unspecified atom stereocenters. The van der Waals surface area contributed by atoms with Crippen molar-refractivity contribution in [2.75, 3.05) is 13.1 Å². The monoisotopic (exact) mass is 214 g/mol. The number of rotatable bonds is 3. The third-order valence-corrected chi connectivity index (χ3v) is 2.44. The molecule has 1 aliphatic heterocycles. The standard InChI is InChI=1S/C10H18N2O3/c1-7-9(14)12(8(13)6-11-7)5-4-10(2,3)15/h7,11,15H,4-6H2,1-3H3. The number of hydrogen-bond donors (Lipinski definition) is 2. The van der Waals surface area contributed by atoms with E-state index in [4.69, 9.17) is 0 Å². The molecule has 1 heterocycles. The second-order valence-corrected chi connectivity index (χ2v) is 4.55. The Morgan fingerprint density at radius 1 is 1.53 bits per heavy atom. The van der Waals surface area contributed by atoms with Crippen LogP contribution in [0.4, 0.5) is 0 Å². The molecule has 5 nitrogen and oxygen atoms in total. The van der Waals surface area contributed by atoms with Gasteiger partial charge in [0, 0.05) is 6.54 Å². The summed E-state index contributed by atoms with van der Waals surface area (Å²) in [6.45, 7) is 5.53. The second kappa shape index (κ2) is 4.28. The Balaban J connectivity index is 2.58. The first kappa shape index (κ1) is 12.1. The van der Waals surface area contributed by atoms with Crippen LogP contribution in [0.15, 0.2) is 0 Å². The topological polar surface area (TPSA) is 69.6 Å². The fourth-order valence-electron chi connectivity index (χ4n) is 1.40. The molecule has 0 saturated carbocycles. The van der Waals surface area contributed by atoms with E-state index >= 15 is 0 Å². The fraction of sp³-hybridized carbons (Fsp3) is 0.800. The molecule has 1 aliphatic rings. The molecule has 0 bridgehead atoms. The van der Waals surface area contributed by atoms with E-state index in [1.807, 2.05) is 0 Å². The van der Waals surface area contributed by atoms with E-state index in [0.717, 1.165) is 0 Å². The van der Waals surface area contributed by atoms with Crippen molar-refractivity contribution in [1.82, 2.24) is 10.2 Å². The first-order valence-corrected chi connectivity index (χ1v) is 5.11. The Kier molecular flexibility index (Phi) is 3.46. The highest BCUT2D eigenvalue weighted by molar-refractivity contribution is 6.00. The third-order valence-electron chi connectivity index (χ3n) is 2.44. The number of imide groups is 1. The number of carbonyl (C=O) groups excluding carboxylic acids is 2. The number of nitrogens with one attached hydrogen (secondary N) is 1. The predicted molar refractivity (Wildman–Crippen MR) is 55.1 cm³/mol. The quantitative estimate of drug-likeness (QED) is 0.621. The lowest BCUT2D eigenvalue weighted by Crippen LogP contribution is -2.57. The summed E-state index contributed by atoms with van der Waals surface area (Å²) in [5.74, 6) is -0.433. The smallest absolute Gasteiger partial charge is 0.246 e. The summed E-state index contributed by atoms with van der Waals surface area (Å²) in [5.41, 5.74) is -0.853. The van der Waals surface area contributed by atoms with Crippen LogP contribution in [0.3, 0.4) is 0 Å². The molecule has 1 atom stereocenters. The number of aliphatic hydroxyl groups is 1. The van der Waals surface area contributed by atoms with Crippen molar-refractivity contribution < 1.29 is 14.7 Å². The van der Waals surface area contributed by atoms with Crippen molar-refractivity contribution >= 4 is 11.8 Å². The molecule has 0 spiro atoms. The van der Waals surface area contributed by atoms with E-state index in [1.165, 1.54) is 4.90 Å². The normalized spacial score (nSPS) is 23.5. The van der Waals surface area contributed by atoms with Crippen molar-refractivity contribution in [1.29, 1.82) is 0 Å². The Hall–Kier alpha value is -0.940.